The average molecular weight is 326 g/mol. The van der Waals surface area contributed by atoms with Gasteiger partial charge in [-0.3, -0.25) is 4.90 Å². The topological polar surface area (TPSA) is 44.7 Å². The van der Waals surface area contributed by atoms with Gasteiger partial charge in [-0.05, 0) is 35.7 Å². The molecule has 128 valence electrons. The standard InChI is InChI=1S/C20H26N2O2/c1-16-13-18(19(23)14-22-11-9-21-10-12-22)7-8-20(16)24-15-17-5-3-2-4-6-17/h2-8,13,19,21,23H,9-12,14-15H2,1H3. The summed E-state index contributed by atoms with van der Waals surface area (Å²) in [5.74, 6) is 0.872. The molecule has 0 spiro atoms. The highest BCUT2D eigenvalue weighted by Crippen LogP contribution is 2.24. The average Bonchev–Trinajstić information content (AvgIpc) is 2.62. The minimum absolute atomic E-state index is 0.454. The van der Waals surface area contributed by atoms with Crippen LogP contribution in [0.2, 0.25) is 0 Å². The number of β-amino-alcohol motifs (C(OH)–C–C–N with tert-alkyl or cyclic N) is 1. The second-order valence-corrected chi connectivity index (χ2v) is 6.37. The van der Waals surface area contributed by atoms with Crippen LogP contribution >= 0.6 is 0 Å². The molecule has 0 saturated carbocycles. The number of nitrogens with one attached hydrogen (secondary N) is 1. The molecule has 2 aromatic carbocycles. The van der Waals surface area contributed by atoms with Crippen molar-refractivity contribution in [2.24, 2.45) is 0 Å². The molecule has 0 radical (unpaired) electrons. The minimum atomic E-state index is -0.454. The lowest BCUT2D eigenvalue weighted by molar-refractivity contribution is 0.105. The van der Waals surface area contributed by atoms with Crippen LogP contribution in [0.4, 0.5) is 0 Å². The van der Waals surface area contributed by atoms with E-state index in [0.717, 1.165) is 48.6 Å². The Kier molecular flexibility index (Phi) is 5.86. The minimum Gasteiger partial charge on any atom is -0.489 e. The molecule has 2 N–H and O–H groups in total. The molecule has 2 aromatic rings. The van der Waals surface area contributed by atoms with Gasteiger partial charge in [0.25, 0.3) is 0 Å². The van der Waals surface area contributed by atoms with Crippen molar-refractivity contribution in [1.82, 2.24) is 10.2 Å². The van der Waals surface area contributed by atoms with Crippen molar-refractivity contribution in [2.75, 3.05) is 32.7 Å². The fourth-order valence-corrected chi connectivity index (χ4v) is 3.02. The van der Waals surface area contributed by atoms with E-state index in [1.165, 1.54) is 0 Å². The Morgan fingerprint density at radius 3 is 2.58 bits per heavy atom. The van der Waals surface area contributed by atoms with Crippen LogP contribution in [0, 0.1) is 6.92 Å². The summed E-state index contributed by atoms with van der Waals surface area (Å²) in [6.07, 6.45) is -0.454. The number of nitrogens with zero attached hydrogens (tertiary/aromatic N) is 1. The molecule has 1 atom stereocenters. The summed E-state index contributed by atoms with van der Waals surface area (Å²) in [4.78, 5) is 2.30. The van der Waals surface area contributed by atoms with Gasteiger partial charge in [0, 0.05) is 32.7 Å². The summed E-state index contributed by atoms with van der Waals surface area (Å²) in [6.45, 7) is 7.26. The Labute approximate surface area is 144 Å². The van der Waals surface area contributed by atoms with E-state index in [0.29, 0.717) is 13.2 Å². The summed E-state index contributed by atoms with van der Waals surface area (Å²) in [6, 6.07) is 16.1. The number of aliphatic hydroxyl groups is 1. The zero-order valence-corrected chi connectivity index (χ0v) is 14.2. The molecule has 0 aliphatic carbocycles. The highest BCUT2D eigenvalue weighted by molar-refractivity contribution is 5.37. The second kappa shape index (κ2) is 8.29. The third kappa shape index (κ3) is 4.57. The number of hydrogen-bond acceptors (Lipinski definition) is 4. The number of piperazine rings is 1. The van der Waals surface area contributed by atoms with E-state index in [2.05, 4.69) is 22.3 Å². The molecule has 3 rings (SSSR count). The van der Waals surface area contributed by atoms with E-state index < -0.39 is 6.10 Å². The fourth-order valence-electron chi connectivity index (χ4n) is 3.02. The number of aryl methyl sites for hydroxylation is 1. The van der Waals surface area contributed by atoms with Crippen molar-refractivity contribution in [3.05, 3.63) is 65.2 Å². The Morgan fingerprint density at radius 2 is 1.88 bits per heavy atom. The van der Waals surface area contributed by atoms with Gasteiger partial charge in [-0.2, -0.15) is 0 Å². The van der Waals surface area contributed by atoms with E-state index >= 15 is 0 Å². The molecule has 1 aliphatic heterocycles. The quantitative estimate of drug-likeness (QED) is 0.856. The molecule has 1 aliphatic rings. The van der Waals surface area contributed by atoms with Gasteiger partial charge in [0.1, 0.15) is 12.4 Å². The Hall–Kier alpha value is -1.88. The molecular formula is C20H26N2O2. The molecule has 1 saturated heterocycles. The van der Waals surface area contributed by atoms with Crippen molar-refractivity contribution in [3.63, 3.8) is 0 Å². The molecule has 4 heteroatoms. The molecule has 0 bridgehead atoms. The van der Waals surface area contributed by atoms with Crippen LogP contribution in [0.5, 0.6) is 5.75 Å². The maximum absolute atomic E-state index is 10.5. The van der Waals surface area contributed by atoms with Crippen LogP contribution in [0.1, 0.15) is 22.8 Å². The van der Waals surface area contributed by atoms with Crippen LogP contribution in [0.15, 0.2) is 48.5 Å². The molecule has 1 fully saturated rings. The predicted molar refractivity (Wildman–Crippen MR) is 96.2 cm³/mol. The molecule has 0 aromatic heterocycles. The Balaban J connectivity index is 1.59. The molecule has 24 heavy (non-hydrogen) atoms. The highest BCUT2D eigenvalue weighted by atomic mass is 16.5. The van der Waals surface area contributed by atoms with E-state index in [1.807, 2.05) is 43.3 Å². The van der Waals surface area contributed by atoms with Gasteiger partial charge in [0.15, 0.2) is 0 Å². The fraction of sp³-hybridized carbons (Fsp3) is 0.400. The van der Waals surface area contributed by atoms with Gasteiger partial charge in [0.05, 0.1) is 6.10 Å². The molecule has 4 nitrogen and oxygen atoms in total. The van der Waals surface area contributed by atoms with Crippen LogP contribution in [-0.4, -0.2) is 42.7 Å². The number of aliphatic hydroxyl groups excluding tert-OH is 1. The third-order valence-corrected chi connectivity index (χ3v) is 4.46. The van der Waals surface area contributed by atoms with Crippen LogP contribution in [0.3, 0.4) is 0 Å². The number of ether oxygens (including phenoxy) is 1. The van der Waals surface area contributed by atoms with Crippen molar-refractivity contribution in [3.8, 4) is 5.75 Å². The zero-order valence-electron chi connectivity index (χ0n) is 14.2. The molecular weight excluding hydrogens is 300 g/mol. The van der Waals surface area contributed by atoms with Gasteiger partial charge in [0.2, 0.25) is 0 Å². The number of hydrogen-bond donors (Lipinski definition) is 2. The van der Waals surface area contributed by atoms with E-state index in [1.54, 1.807) is 0 Å². The lowest BCUT2D eigenvalue weighted by Crippen LogP contribution is -2.44. The second-order valence-electron chi connectivity index (χ2n) is 6.37. The van der Waals surface area contributed by atoms with Gasteiger partial charge in [-0.25, -0.2) is 0 Å². The molecule has 1 unspecified atom stereocenters. The zero-order chi connectivity index (χ0) is 16.8. The van der Waals surface area contributed by atoms with Gasteiger partial charge in [-0.1, -0.05) is 36.4 Å². The van der Waals surface area contributed by atoms with Crippen molar-refractivity contribution in [1.29, 1.82) is 0 Å². The normalized spacial score (nSPS) is 16.8. The lowest BCUT2D eigenvalue weighted by atomic mass is 10.1. The molecule has 0 amide bonds. The highest BCUT2D eigenvalue weighted by Gasteiger charge is 2.16. The van der Waals surface area contributed by atoms with Gasteiger partial charge < -0.3 is 15.2 Å². The first-order chi connectivity index (χ1) is 11.7. The maximum atomic E-state index is 10.5. The predicted octanol–water partition coefficient (Wildman–Crippen LogP) is 2.51. The van der Waals surface area contributed by atoms with Crippen molar-refractivity contribution in [2.45, 2.75) is 19.6 Å². The van der Waals surface area contributed by atoms with Crippen molar-refractivity contribution < 1.29 is 9.84 Å². The summed E-state index contributed by atoms with van der Waals surface area (Å²) < 4.78 is 5.91. The third-order valence-electron chi connectivity index (χ3n) is 4.46. The largest absolute Gasteiger partial charge is 0.489 e. The first-order valence-electron chi connectivity index (χ1n) is 8.61. The van der Waals surface area contributed by atoms with Gasteiger partial charge >= 0.3 is 0 Å². The van der Waals surface area contributed by atoms with Gasteiger partial charge in [-0.15, -0.1) is 0 Å². The Morgan fingerprint density at radius 1 is 1.12 bits per heavy atom. The summed E-state index contributed by atoms with van der Waals surface area (Å²) >= 11 is 0. The lowest BCUT2D eigenvalue weighted by Gasteiger charge is -2.29. The Bertz CT molecular complexity index is 639. The SMILES string of the molecule is Cc1cc(C(O)CN2CCNCC2)ccc1OCc1ccccc1. The first-order valence-corrected chi connectivity index (χ1v) is 8.61. The van der Waals surface area contributed by atoms with E-state index in [4.69, 9.17) is 4.74 Å². The smallest absolute Gasteiger partial charge is 0.122 e. The number of benzene rings is 2. The molecule has 1 heterocycles. The van der Waals surface area contributed by atoms with E-state index in [9.17, 15) is 5.11 Å². The maximum Gasteiger partial charge on any atom is 0.122 e. The summed E-state index contributed by atoms with van der Waals surface area (Å²) in [5, 5.41) is 13.8. The monoisotopic (exact) mass is 326 g/mol. The summed E-state index contributed by atoms with van der Waals surface area (Å²) in [5.41, 5.74) is 3.17. The summed E-state index contributed by atoms with van der Waals surface area (Å²) in [7, 11) is 0. The van der Waals surface area contributed by atoms with E-state index in [-0.39, 0.29) is 0 Å². The van der Waals surface area contributed by atoms with Crippen LogP contribution in [-0.2, 0) is 6.61 Å². The number of rotatable bonds is 6. The van der Waals surface area contributed by atoms with Crippen LogP contribution < -0.4 is 10.1 Å². The first kappa shape index (κ1) is 17.0. The van der Waals surface area contributed by atoms with Crippen LogP contribution in [0.25, 0.3) is 0 Å². The van der Waals surface area contributed by atoms with Crippen molar-refractivity contribution >= 4 is 0 Å².